The van der Waals surface area contributed by atoms with Gasteiger partial charge in [0, 0.05) is 21.7 Å². The fourth-order valence-electron chi connectivity index (χ4n) is 3.11. The van der Waals surface area contributed by atoms with E-state index in [0.717, 1.165) is 26.7 Å². The molecule has 9 heteroatoms. The minimum atomic E-state index is -0.546. The minimum absolute atomic E-state index is 0.172. The molecule has 4 rings (SSSR count). The summed E-state index contributed by atoms with van der Waals surface area (Å²) in [6, 6.07) is 16.8. The highest BCUT2D eigenvalue weighted by Gasteiger charge is 2.36. The molecule has 1 aliphatic rings. The lowest BCUT2D eigenvalue weighted by Crippen LogP contribution is -2.33. The Morgan fingerprint density at radius 3 is 2.33 bits per heavy atom. The van der Waals surface area contributed by atoms with Crippen molar-refractivity contribution in [1.82, 2.24) is 4.90 Å². The molecule has 2 heterocycles. The van der Waals surface area contributed by atoms with Crippen LogP contribution in [0.25, 0.3) is 17.4 Å². The van der Waals surface area contributed by atoms with Crippen LogP contribution in [-0.4, -0.2) is 41.5 Å². The third-order valence-electron chi connectivity index (χ3n) is 4.83. The number of carbonyl (C=O) groups is 4. The highest BCUT2D eigenvalue weighted by molar-refractivity contribution is 9.10. The molecular weight excluding hydrogens is 510 g/mol. The molecule has 7 nitrogen and oxygen atoms in total. The average molecular weight is 526 g/mol. The van der Waals surface area contributed by atoms with Crippen LogP contribution in [0.1, 0.15) is 26.5 Å². The number of methoxy groups -OCH3 is 1. The number of rotatable bonds is 6. The number of thioether (sulfide) groups is 1. The molecule has 3 aromatic rings. The van der Waals surface area contributed by atoms with Gasteiger partial charge in [0.2, 0.25) is 0 Å². The van der Waals surface area contributed by atoms with Crippen molar-refractivity contribution >= 4 is 56.7 Å². The van der Waals surface area contributed by atoms with Crippen molar-refractivity contribution in [3.8, 4) is 11.3 Å². The van der Waals surface area contributed by atoms with E-state index in [1.807, 2.05) is 0 Å². The van der Waals surface area contributed by atoms with Gasteiger partial charge in [-0.3, -0.25) is 19.3 Å². The molecule has 0 aliphatic carbocycles. The fraction of sp³-hybridized carbons (Fsp3) is 0.0833. The van der Waals surface area contributed by atoms with Gasteiger partial charge in [0.15, 0.2) is 5.78 Å². The van der Waals surface area contributed by atoms with Crippen molar-refractivity contribution in [1.29, 1.82) is 0 Å². The van der Waals surface area contributed by atoms with Crippen LogP contribution in [0.5, 0.6) is 0 Å². The second-order valence-electron chi connectivity index (χ2n) is 6.97. The standard InChI is InChI=1S/C24H16BrNO6S/c1-31-23(29)16-4-2-15(3-5-16)20-11-10-18(32-20)12-21-22(28)26(24(30)33-21)13-19(27)14-6-8-17(25)9-7-14/h2-12H,13H2,1H3/b21-12+. The van der Waals surface area contributed by atoms with Crippen molar-refractivity contribution in [3.05, 3.63) is 86.9 Å². The lowest BCUT2D eigenvalue weighted by Gasteiger charge is -2.11. The maximum absolute atomic E-state index is 12.7. The minimum Gasteiger partial charge on any atom is -0.465 e. The van der Waals surface area contributed by atoms with Crippen LogP contribution in [0.4, 0.5) is 4.79 Å². The number of hydrogen-bond acceptors (Lipinski definition) is 7. The molecule has 0 radical (unpaired) electrons. The number of benzene rings is 2. The topological polar surface area (TPSA) is 93.9 Å². The number of ketones is 1. The molecule has 1 saturated heterocycles. The van der Waals surface area contributed by atoms with Crippen molar-refractivity contribution in [2.24, 2.45) is 0 Å². The average Bonchev–Trinajstić information content (AvgIpc) is 3.39. The van der Waals surface area contributed by atoms with Gasteiger partial charge in [-0.25, -0.2) is 4.79 Å². The van der Waals surface area contributed by atoms with Gasteiger partial charge in [-0.15, -0.1) is 0 Å². The first kappa shape index (κ1) is 22.8. The number of esters is 1. The normalized spacial score (nSPS) is 14.7. The molecule has 1 aliphatic heterocycles. The molecule has 166 valence electrons. The summed E-state index contributed by atoms with van der Waals surface area (Å²) in [6.45, 7) is -0.334. The van der Waals surface area contributed by atoms with Gasteiger partial charge in [0.05, 0.1) is 24.1 Å². The molecule has 1 fully saturated rings. The molecule has 0 saturated carbocycles. The molecule has 0 unspecified atom stereocenters. The van der Waals surface area contributed by atoms with E-state index in [1.54, 1.807) is 60.7 Å². The van der Waals surface area contributed by atoms with Gasteiger partial charge < -0.3 is 9.15 Å². The van der Waals surface area contributed by atoms with Gasteiger partial charge in [-0.2, -0.15) is 0 Å². The SMILES string of the molecule is COC(=O)c1ccc(-c2ccc(/C=C3/SC(=O)N(CC(=O)c4ccc(Br)cc4)C3=O)o2)cc1. The molecule has 33 heavy (non-hydrogen) atoms. The zero-order chi connectivity index (χ0) is 23.5. The molecule has 0 bridgehead atoms. The van der Waals surface area contributed by atoms with Gasteiger partial charge in [-0.1, -0.05) is 40.2 Å². The summed E-state index contributed by atoms with van der Waals surface area (Å²) < 4.78 is 11.3. The summed E-state index contributed by atoms with van der Waals surface area (Å²) in [7, 11) is 1.31. The number of Topliss-reactive ketones (excluding diaryl/α,β-unsaturated/α-hetero) is 1. The summed E-state index contributed by atoms with van der Waals surface area (Å²) in [6.07, 6.45) is 1.47. The van der Waals surface area contributed by atoms with E-state index < -0.39 is 17.1 Å². The second-order valence-corrected chi connectivity index (χ2v) is 8.88. The van der Waals surface area contributed by atoms with Crippen LogP contribution in [0.15, 0.2) is 74.5 Å². The predicted molar refractivity (Wildman–Crippen MR) is 127 cm³/mol. The van der Waals surface area contributed by atoms with Gasteiger partial charge in [-0.05, 0) is 48.2 Å². The van der Waals surface area contributed by atoms with Crippen LogP contribution < -0.4 is 0 Å². The number of imide groups is 1. The largest absolute Gasteiger partial charge is 0.465 e. The lowest BCUT2D eigenvalue weighted by atomic mass is 10.1. The second kappa shape index (κ2) is 9.60. The number of ether oxygens (including phenoxy) is 1. The predicted octanol–water partition coefficient (Wildman–Crippen LogP) is 5.41. The summed E-state index contributed by atoms with van der Waals surface area (Å²) in [4.78, 5) is 50.2. The van der Waals surface area contributed by atoms with Crippen LogP contribution in [0, 0.1) is 0 Å². The number of furan rings is 1. The van der Waals surface area contributed by atoms with Crippen LogP contribution in [0.2, 0.25) is 0 Å². The van der Waals surface area contributed by atoms with E-state index in [-0.39, 0.29) is 17.2 Å². The maximum atomic E-state index is 12.7. The lowest BCUT2D eigenvalue weighted by molar-refractivity contribution is -0.122. The summed E-state index contributed by atoms with van der Waals surface area (Å²) in [5, 5.41) is -0.512. The molecule has 0 spiro atoms. The van der Waals surface area contributed by atoms with E-state index in [4.69, 9.17) is 4.42 Å². The van der Waals surface area contributed by atoms with E-state index in [2.05, 4.69) is 20.7 Å². The number of halogens is 1. The first-order chi connectivity index (χ1) is 15.9. The molecule has 1 aromatic heterocycles. The Labute approximate surface area is 201 Å². The Morgan fingerprint density at radius 1 is 1.00 bits per heavy atom. The highest BCUT2D eigenvalue weighted by atomic mass is 79.9. The molecule has 0 atom stereocenters. The first-order valence-electron chi connectivity index (χ1n) is 9.68. The Morgan fingerprint density at radius 2 is 1.67 bits per heavy atom. The first-order valence-corrected chi connectivity index (χ1v) is 11.3. The quantitative estimate of drug-likeness (QED) is 0.241. The number of nitrogens with zero attached hydrogens (tertiary/aromatic N) is 1. The molecule has 2 aromatic carbocycles. The fourth-order valence-corrected chi connectivity index (χ4v) is 4.19. The molecule has 0 N–H and O–H groups in total. The zero-order valence-electron chi connectivity index (χ0n) is 17.2. The molecular formula is C24H16BrNO6S. The third-order valence-corrected chi connectivity index (χ3v) is 6.27. The summed E-state index contributed by atoms with van der Waals surface area (Å²) in [5.74, 6) is -0.400. The van der Waals surface area contributed by atoms with Gasteiger partial charge in [0.1, 0.15) is 11.5 Å². The van der Waals surface area contributed by atoms with Crippen LogP contribution >= 0.6 is 27.7 Å². The summed E-state index contributed by atoms with van der Waals surface area (Å²) >= 11 is 4.06. The Hall–Kier alpha value is -3.43. The van der Waals surface area contributed by atoms with E-state index in [0.29, 0.717) is 22.6 Å². The summed E-state index contributed by atoms with van der Waals surface area (Å²) in [5.41, 5.74) is 1.56. The highest BCUT2D eigenvalue weighted by Crippen LogP contribution is 2.33. The third kappa shape index (κ3) is 4.99. The number of amides is 2. The monoisotopic (exact) mass is 525 g/mol. The zero-order valence-corrected chi connectivity index (χ0v) is 19.6. The Kier molecular flexibility index (Phi) is 6.62. The van der Waals surface area contributed by atoms with Crippen molar-refractivity contribution < 1.29 is 28.3 Å². The van der Waals surface area contributed by atoms with Crippen LogP contribution in [0.3, 0.4) is 0 Å². The molecule has 2 amide bonds. The van der Waals surface area contributed by atoms with E-state index in [9.17, 15) is 19.2 Å². The van der Waals surface area contributed by atoms with Crippen molar-refractivity contribution in [3.63, 3.8) is 0 Å². The van der Waals surface area contributed by atoms with Gasteiger partial charge in [0.25, 0.3) is 11.1 Å². The smallest absolute Gasteiger partial charge is 0.337 e. The van der Waals surface area contributed by atoms with Crippen LogP contribution in [-0.2, 0) is 9.53 Å². The van der Waals surface area contributed by atoms with E-state index in [1.165, 1.54) is 13.2 Å². The van der Waals surface area contributed by atoms with Gasteiger partial charge >= 0.3 is 5.97 Å². The number of carbonyl (C=O) groups excluding carboxylic acids is 4. The van der Waals surface area contributed by atoms with Crippen molar-refractivity contribution in [2.75, 3.05) is 13.7 Å². The van der Waals surface area contributed by atoms with Crippen molar-refractivity contribution in [2.45, 2.75) is 0 Å². The van der Waals surface area contributed by atoms with E-state index >= 15 is 0 Å². The maximum Gasteiger partial charge on any atom is 0.337 e. The Balaban J connectivity index is 1.47. The Bertz CT molecular complexity index is 1280. The number of hydrogen-bond donors (Lipinski definition) is 0.